The molecule has 0 saturated carbocycles. The summed E-state index contributed by atoms with van der Waals surface area (Å²) in [4.78, 5) is 14.6. The van der Waals surface area contributed by atoms with Gasteiger partial charge in [-0.05, 0) is 0 Å². The van der Waals surface area contributed by atoms with E-state index in [0.717, 1.165) is 0 Å². The molecule has 0 aliphatic carbocycles. The molecule has 0 aromatic rings. The van der Waals surface area contributed by atoms with Gasteiger partial charge in [-0.2, -0.15) is 0 Å². The van der Waals surface area contributed by atoms with Crippen LogP contribution in [0.25, 0.3) is 0 Å². The lowest BCUT2D eigenvalue weighted by Crippen LogP contribution is -2.20. The monoisotopic (exact) mass is 185 g/mol. The van der Waals surface area contributed by atoms with Crippen molar-refractivity contribution in [3.8, 4) is 0 Å². The maximum absolute atomic E-state index is 10.4. The molecule has 74 valence electrons. The standard InChI is InChI=1S/C9H15NO3/c1-9(2,3)8-10-6(5-13-8)4-7(11)12/h6H,4-5H2,1-3H3,(H,11,12). The molecule has 4 nitrogen and oxygen atoms in total. The first-order chi connectivity index (χ1) is 5.89. The average molecular weight is 185 g/mol. The number of nitrogens with zero attached hydrogens (tertiary/aromatic N) is 1. The first kappa shape index (κ1) is 10.0. The van der Waals surface area contributed by atoms with Gasteiger partial charge in [-0.15, -0.1) is 0 Å². The summed E-state index contributed by atoms with van der Waals surface area (Å²) in [7, 11) is 0. The van der Waals surface area contributed by atoms with Gasteiger partial charge in [0.15, 0.2) is 5.90 Å². The van der Waals surface area contributed by atoms with Crippen LogP contribution in [0.15, 0.2) is 4.99 Å². The van der Waals surface area contributed by atoms with Crippen LogP contribution in [0, 0.1) is 5.41 Å². The van der Waals surface area contributed by atoms with Gasteiger partial charge in [-0.25, -0.2) is 4.99 Å². The molecular formula is C9H15NO3. The predicted molar refractivity (Wildman–Crippen MR) is 48.9 cm³/mol. The van der Waals surface area contributed by atoms with Crippen LogP contribution in [0.4, 0.5) is 0 Å². The SMILES string of the molecule is CC(C)(C)C1=NC(CC(=O)O)CO1. The molecular weight excluding hydrogens is 170 g/mol. The van der Waals surface area contributed by atoms with E-state index < -0.39 is 5.97 Å². The molecule has 0 aromatic carbocycles. The van der Waals surface area contributed by atoms with Crippen molar-refractivity contribution in [3.63, 3.8) is 0 Å². The molecule has 1 N–H and O–H groups in total. The molecule has 0 amide bonds. The molecule has 1 aliphatic rings. The summed E-state index contributed by atoms with van der Waals surface area (Å²) in [6.45, 7) is 6.39. The van der Waals surface area contributed by atoms with Crippen LogP contribution in [0.5, 0.6) is 0 Å². The lowest BCUT2D eigenvalue weighted by atomic mass is 9.97. The number of carboxylic acids is 1. The molecule has 1 unspecified atom stereocenters. The third kappa shape index (κ3) is 2.72. The molecule has 0 radical (unpaired) electrons. The number of rotatable bonds is 2. The van der Waals surface area contributed by atoms with Crippen molar-refractivity contribution < 1.29 is 14.6 Å². The van der Waals surface area contributed by atoms with Gasteiger partial charge in [-0.3, -0.25) is 4.79 Å². The fourth-order valence-corrected chi connectivity index (χ4v) is 1.13. The molecule has 13 heavy (non-hydrogen) atoms. The van der Waals surface area contributed by atoms with E-state index in [9.17, 15) is 4.79 Å². The summed E-state index contributed by atoms with van der Waals surface area (Å²) in [6.07, 6.45) is 0.0551. The summed E-state index contributed by atoms with van der Waals surface area (Å²) in [5, 5.41) is 8.54. The number of carbonyl (C=O) groups is 1. The molecule has 0 fully saturated rings. The lowest BCUT2D eigenvalue weighted by molar-refractivity contribution is -0.137. The molecule has 1 heterocycles. The van der Waals surface area contributed by atoms with Crippen molar-refractivity contribution in [1.82, 2.24) is 0 Å². The van der Waals surface area contributed by atoms with Crippen LogP contribution in [0.2, 0.25) is 0 Å². The van der Waals surface area contributed by atoms with E-state index in [4.69, 9.17) is 9.84 Å². The Morgan fingerprint density at radius 3 is 2.69 bits per heavy atom. The number of carboxylic acid groups (broad SMARTS) is 1. The van der Waals surface area contributed by atoms with Crippen LogP contribution in [0.3, 0.4) is 0 Å². The highest BCUT2D eigenvalue weighted by Crippen LogP contribution is 2.22. The highest BCUT2D eigenvalue weighted by atomic mass is 16.5. The van der Waals surface area contributed by atoms with Crippen molar-refractivity contribution in [1.29, 1.82) is 0 Å². The number of hydrogen-bond acceptors (Lipinski definition) is 3. The van der Waals surface area contributed by atoms with Gasteiger partial charge in [0, 0.05) is 5.41 Å². The number of aliphatic carboxylic acids is 1. The quantitative estimate of drug-likeness (QED) is 0.705. The smallest absolute Gasteiger partial charge is 0.305 e. The van der Waals surface area contributed by atoms with Crippen LogP contribution in [0.1, 0.15) is 27.2 Å². The van der Waals surface area contributed by atoms with Gasteiger partial charge < -0.3 is 9.84 Å². The Labute approximate surface area is 77.6 Å². The third-order valence-corrected chi connectivity index (χ3v) is 1.76. The maximum Gasteiger partial charge on any atom is 0.305 e. The van der Waals surface area contributed by atoms with Gasteiger partial charge in [0.05, 0.1) is 12.5 Å². The van der Waals surface area contributed by atoms with E-state index >= 15 is 0 Å². The van der Waals surface area contributed by atoms with Crippen molar-refractivity contribution in [2.75, 3.05) is 6.61 Å². The van der Waals surface area contributed by atoms with E-state index in [-0.39, 0.29) is 17.9 Å². The molecule has 1 aliphatic heterocycles. The van der Waals surface area contributed by atoms with Gasteiger partial charge in [0.2, 0.25) is 0 Å². The predicted octanol–water partition coefficient (Wildman–Crippen LogP) is 1.30. The zero-order valence-corrected chi connectivity index (χ0v) is 8.20. The minimum atomic E-state index is -0.826. The first-order valence-electron chi connectivity index (χ1n) is 4.32. The van der Waals surface area contributed by atoms with E-state index in [2.05, 4.69) is 4.99 Å². The van der Waals surface area contributed by atoms with Crippen LogP contribution >= 0.6 is 0 Å². The highest BCUT2D eigenvalue weighted by Gasteiger charge is 2.29. The summed E-state index contributed by atoms with van der Waals surface area (Å²) >= 11 is 0. The van der Waals surface area contributed by atoms with Crippen molar-refractivity contribution >= 4 is 11.9 Å². The second-order valence-corrected chi connectivity index (χ2v) is 4.25. The number of ether oxygens (including phenoxy) is 1. The minimum Gasteiger partial charge on any atom is -0.481 e. The normalized spacial score (nSPS) is 22.4. The third-order valence-electron chi connectivity index (χ3n) is 1.76. The summed E-state index contributed by atoms with van der Waals surface area (Å²) in [5.74, 6) is -0.161. The maximum atomic E-state index is 10.4. The van der Waals surface area contributed by atoms with E-state index in [1.54, 1.807) is 0 Å². The highest BCUT2D eigenvalue weighted by molar-refractivity contribution is 5.83. The van der Waals surface area contributed by atoms with Crippen LogP contribution in [-0.4, -0.2) is 29.6 Å². The van der Waals surface area contributed by atoms with Gasteiger partial charge in [0.25, 0.3) is 0 Å². The van der Waals surface area contributed by atoms with Gasteiger partial charge in [-0.1, -0.05) is 20.8 Å². The number of hydrogen-bond donors (Lipinski definition) is 1. The fourth-order valence-electron chi connectivity index (χ4n) is 1.13. The van der Waals surface area contributed by atoms with Gasteiger partial charge >= 0.3 is 5.97 Å². The molecule has 0 bridgehead atoms. The Morgan fingerprint density at radius 2 is 2.31 bits per heavy atom. The molecule has 0 aromatic heterocycles. The second kappa shape index (κ2) is 3.36. The van der Waals surface area contributed by atoms with Gasteiger partial charge in [0.1, 0.15) is 6.61 Å². The Balaban J connectivity index is 2.59. The summed E-state index contributed by atoms with van der Waals surface area (Å²) in [6, 6.07) is -0.202. The molecule has 4 heteroatoms. The van der Waals surface area contributed by atoms with E-state index in [1.807, 2.05) is 20.8 Å². The Kier molecular flexibility index (Phi) is 2.59. The Hall–Kier alpha value is -1.06. The Morgan fingerprint density at radius 1 is 1.69 bits per heavy atom. The van der Waals surface area contributed by atoms with E-state index in [0.29, 0.717) is 12.5 Å². The van der Waals surface area contributed by atoms with E-state index in [1.165, 1.54) is 0 Å². The zero-order chi connectivity index (χ0) is 10.1. The largest absolute Gasteiger partial charge is 0.481 e. The van der Waals surface area contributed by atoms with Crippen molar-refractivity contribution in [2.45, 2.75) is 33.2 Å². The first-order valence-corrected chi connectivity index (χ1v) is 4.32. The van der Waals surface area contributed by atoms with Crippen molar-refractivity contribution in [2.24, 2.45) is 10.4 Å². The zero-order valence-electron chi connectivity index (χ0n) is 8.20. The average Bonchev–Trinajstić information content (AvgIpc) is 2.32. The molecule has 0 spiro atoms. The van der Waals surface area contributed by atoms with Crippen LogP contribution < -0.4 is 0 Å². The molecule has 1 atom stereocenters. The Bertz CT molecular complexity index is 240. The fraction of sp³-hybridized carbons (Fsp3) is 0.778. The summed E-state index contributed by atoms with van der Waals surface area (Å²) in [5.41, 5.74) is -0.118. The van der Waals surface area contributed by atoms with Crippen LogP contribution in [-0.2, 0) is 9.53 Å². The second-order valence-electron chi connectivity index (χ2n) is 4.25. The lowest BCUT2D eigenvalue weighted by Gasteiger charge is -2.16. The molecule has 0 saturated heterocycles. The summed E-state index contributed by atoms with van der Waals surface area (Å²) < 4.78 is 5.32. The minimum absolute atomic E-state index is 0.0551. The number of aliphatic imine (C=N–C) groups is 1. The topological polar surface area (TPSA) is 58.9 Å². The van der Waals surface area contributed by atoms with Crippen molar-refractivity contribution in [3.05, 3.63) is 0 Å². The molecule has 1 rings (SSSR count).